The topological polar surface area (TPSA) is 64.1 Å². The molecule has 1 N–H and O–H groups in total. The van der Waals surface area contributed by atoms with Crippen molar-refractivity contribution >= 4 is 38.3 Å². The monoisotopic (exact) mass is 389 g/mol. The van der Waals surface area contributed by atoms with Gasteiger partial charge in [0.05, 0.1) is 7.11 Å². The quantitative estimate of drug-likeness (QED) is 0.724. The molecule has 5 nitrogen and oxygen atoms in total. The van der Waals surface area contributed by atoms with E-state index in [4.69, 9.17) is 4.74 Å². The number of hydrogen-bond donors (Lipinski definition) is 1. The Kier molecular flexibility index (Phi) is 4.68. The average molecular weight is 390 g/mol. The summed E-state index contributed by atoms with van der Waals surface area (Å²) in [7, 11) is 1.58. The summed E-state index contributed by atoms with van der Waals surface area (Å²) in [5, 5.41) is 12.1. The first-order chi connectivity index (χ1) is 11.2. The van der Waals surface area contributed by atoms with Crippen molar-refractivity contribution in [1.29, 1.82) is 0 Å². The molecule has 3 aromatic rings. The smallest absolute Gasteiger partial charge is 0.257 e. The van der Waals surface area contributed by atoms with Gasteiger partial charge in [0.25, 0.3) is 5.91 Å². The minimum absolute atomic E-state index is 0.230. The van der Waals surface area contributed by atoms with E-state index >= 15 is 0 Å². The lowest BCUT2D eigenvalue weighted by atomic mass is 10.2. The van der Waals surface area contributed by atoms with Gasteiger partial charge in [0.2, 0.25) is 5.13 Å². The molecule has 3 rings (SSSR count). The first-order valence-electron chi connectivity index (χ1n) is 6.70. The van der Waals surface area contributed by atoms with Gasteiger partial charge in [-0.3, -0.25) is 10.1 Å². The minimum Gasteiger partial charge on any atom is -0.497 e. The fourth-order valence-electron chi connectivity index (χ4n) is 1.89. The molecule has 0 saturated carbocycles. The van der Waals surface area contributed by atoms with E-state index in [1.165, 1.54) is 11.3 Å². The zero-order valence-corrected chi connectivity index (χ0v) is 14.5. The number of methoxy groups -OCH3 is 1. The fourth-order valence-corrected chi connectivity index (χ4v) is 2.90. The highest BCUT2D eigenvalue weighted by Crippen LogP contribution is 2.27. The van der Waals surface area contributed by atoms with E-state index in [0.29, 0.717) is 16.4 Å². The average Bonchev–Trinajstić information content (AvgIpc) is 3.04. The highest BCUT2D eigenvalue weighted by molar-refractivity contribution is 9.10. The number of amides is 1. The van der Waals surface area contributed by atoms with Crippen molar-refractivity contribution in [3.8, 4) is 16.3 Å². The van der Waals surface area contributed by atoms with Crippen LogP contribution in [0.15, 0.2) is 53.0 Å². The first-order valence-corrected chi connectivity index (χ1v) is 8.31. The third kappa shape index (κ3) is 3.75. The van der Waals surface area contributed by atoms with Gasteiger partial charge >= 0.3 is 0 Å². The lowest BCUT2D eigenvalue weighted by Crippen LogP contribution is -2.11. The molecule has 7 heteroatoms. The van der Waals surface area contributed by atoms with Gasteiger partial charge in [0.15, 0.2) is 0 Å². The van der Waals surface area contributed by atoms with Gasteiger partial charge in [-0.1, -0.05) is 39.4 Å². The van der Waals surface area contributed by atoms with Crippen LogP contribution in [-0.2, 0) is 0 Å². The van der Waals surface area contributed by atoms with Crippen LogP contribution >= 0.6 is 27.3 Å². The number of nitrogens with zero attached hydrogens (tertiary/aromatic N) is 2. The molecule has 1 amide bonds. The third-order valence-electron chi connectivity index (χ3n) is 3.09. The third-order valence-corrected chi connectivity index (χ3v) is 4.51. The van der Waals surface area contributed by atoms with Crippen LogP contribution < -0.4 is 10.1 Å². The predicted molar refractivity (Wildman–Crippen MR) is 94.0 cm³/mol. The Labute approximate surface area is 145 Å². The number of nitrogens with one attached hydrogen (secondary N) is 1. The molecule has 0 radical (unpaired) electrons. The lowest BCUT2D eigenvalue weighted by Gasteiger charge is -2.02. The van der Waals surface area contributed by atoms with Crippen molar-refractivity contribution in [2.24, 2.45) is 0 Å². The molecule has 2 aromatic carbocycles. The number of benzene rings is 2. The second kappa shape index (κ2) is 6.89. The summed E-state index contributed by atoms with van der Waals surface area (Å²) in [6, 6.07) is 14.6. The maximum Gasteiger partial charge on any atom is 0.257 e. The van der Waals surface area contributed by atoms with Crippen molar-refractivity contribution in [1.82, 2.24) is 10.2 Å². The second-order valence-electron chi connectivity index (χ2n) is 4.60. The van der Waals surface area contributed by atoms with Gasteiger partial charge in [-0.25, -0.2) is 0 Å². The summed E-state index contributed by atoms with van der Waals surface area (Å²) < 4.78 is 6.07. The van der Waals surface area contributed by atoms with Crippen molar-refractivity contribution in [2.75, 3.05) is 12.4 Å². The Morgan fingerprint density at radius 1 is 1.09 bits per heavy atom. The number of aromatic nitrogens is 2. The molecule has 0 atom stereocenters. The molecule has 0 spiro atoms. The van der Waals surface area contributed by atoms with E-state index in [0.717, 1.165) is 15.0 Å². The SMILES string of the molecule is COc1ccc(C(=O)Nc2nnc(-c3ccc(Br)cc3)s2)cc1. The van der Waals surface area contributed by atoms with Crippen molar-refractivity contribution in [2.45, 2.75) is 0 Å². The van der Waals surface area contributed by atoms with Gasteiger partial charge in [0, 0.05) is 15.6 Å². The van der Waals surface area contributed by atoms with Gasteiger partial charge in [-0.2, -0.15) is 0 Å². The van der Waals surface area contributed by atoms with E-state index < -0.39 is 0 Å². The minimum atomic E-state index is -0.230. The normalized spacial score (nSPS) is 10.3. The van der Waals surface area contributed by atoms with Crippen LogP contribution in [0.4, 0.5) is 5.13 Å². The van der Waals surface area contributed by atoms with Gasteiger partial charge in [0.1, 0.15) is 10.8 Å². The molecule has 0 aliphatic rings. The largest absolute Gasteiger partial charge is 0.497 e. The highest BCUT2D eigenvalue weighted by atomic mass is 79.9. The van der Waals surface area contributed by atoms with E-state index in [9.17, 15) is 4.79 Å². The van der Waals surface area contributed by atoms with Crippen LogP contribution in [0.3, 0.4) is 0 Å². The summed E-state index contributed by atoms with van der Waals surface area (Å²) >= 11 is 4.72. The highest BCUT2D eigenvalue weighted by Gasteiger charge is 2.11. The number of halogens is 1. The number of rotatable bonds is 4. The van der Waals surface area contributed by atoms with Crippen LogP contribution in [0.2, 0.25) is 0 Å². The Balaban J connectivity index is 1.73. The Hall–Kier alpha value is -2.25. The Morgan fingerprint density at radius 3 is 2.43 bits per heavy atom. The summed E-state index contributed by atoms with van der Waals surface area (Å²) in [5.41, 5.74) is 1.49. The fraction of sp³-hybridized carbons (Fsp3) is 0.0625. The summed E-state index contributed by atoms with van der Waals surface area (Å²) in [6.07, 6.45) is 0. The van der Waals surface area contributed by atoms with Crippen LogP contribution in [0.5, 0.6) is 5.75 Å². The van der Waals surface area contributed by atoms with Crippen LogP contribution in [0, 0.1) is 0 Å². The molecule has 116 valence electrons. The van der Waals surface area contributed by atoms with Crippen LogP contribution in [0.25, 0.3) is 10.6 Å². The Bertz CT molecular complexity index is 816. The van der Waals surface area contributed by atoms with Gasteiger partial charge in [-0.15, -0.1) is 10.2 Å². The van der Waals surface area contributed by atoms with Gasteiger partial charge < -0.3 is 4.74 Å². The molecular formula is C16H12BrN3O2S. The Morgan fingerprint density at radius 2 is 1.78 bits per heavy atom. The molecule has 0 unspecified atom stereocenters. The summed E-state index contributed by atoms with van der Waals surface area (Å²) in [6.45, 7) is 0. The van der Waals surface area contributed by atoms with Crippen molar-refractivity contribution < 1.29 is 9.53 Å². The summed E-state index contributed by atoms with van der Waals surface area (Å²) in [4.78, 5) is 12.2. The van der Waals surface area contributed by atoms with Crippen LogP contribution in [-0.4, -0.2) is 23.2 Å². The number of ether oxygens (including phenoxy) is 1. The standard InChI is InChI=1S/C16H12BrN3O2S/c1-22-13-8-4-10(5-9-13)14(21)18-16-20-19-15(23-16)11-2-6-12(17)7-3-11/h2-9H,1H3,(H,18,20,21). The van der Waals surface area contributed by atoms with Crippen molar-refractivity contribution in [3.05, 3.63) is 58.6 Å². The van der Waals surface area contributed by atoms with E-state index in [1.807, 2.05) is 24.3 Å². The lowest BCUT2D eigenvalue weighted by molar-refractivity contribution is 0.102. The number of carbonyl (C=O) groups is 1. The predicted octanol–water partition coefficient (Wildman–Crippen LogP) is 4.23. The zero-order valence-electron chi connectivity index (χ0n) is 12.1. The number of carbonyl (C=O) groups excluding carboxylic acids is 1. The van der Waals surface area contributed by atoms with Gasteiger partial charge in [-0.05, 0) is 36.4 Å². The molecule has 1 heterocycles. The van der Waals surface area contributed by atoms with Crippen molar-refractivity contribution in [3.63, 3.8) is 0 Å². The molecule has 1 aromatic heterocycles. The van der Waals surface area contributed by atoms with Crippen LogP contribution in [0.1, 0.15) is 10.4 Å². The number of anilines is 1. The molecule has 0 aliphatic heterocycles. The molecular weight excluding hydrogens is 378 g/mol. The molecule has 0 aliphatic carbocycles. The molecule has 0 fully saturated rings. The zero-order chi connectivity index (χ0) is 16.2. The summed E-state index contributed by atoms with van der Waals surface area (Å²) in [5.74, 6) is 0.473. The molecule has 0 saturated heterocycles. The first kappa shape index (κ1) is 15.6. The number of hydrogen-bond acceptors (Lipinski definition) is 5. The van der Waals surface area contributed by atoms with E-state index in [2.05, 4.69) is 31.4 Å². The van der Waals surface area contributed by atoms with E-state index in [1.54, 1.807) is 31.4 Å². The van der Waals surface area contributed by atoms with E-state index in [-0.39, 0.29) is 5.91 Å². The second-order valence-corrected chi connectivity index (χ2v) is 6.50. The maximum absolute atomic E-state index is 12.2. The molecule has 0 bridgehead atoms. The molecule has 23 heavy (non-hydrogen) atoms. The maximum atomic E-state index is 12.2.